The first-order chi connectivity index (χ1) is 6.07. The van der Waals surface area contributed by atoms with Crippen LogP contribution in [0.5, 0.6) is 0 Å². The Morgan fingerprint density at radius 1 is 1.54 bits per heavy atom. The van der Waals surface area contributed by atoms with Gasteiger partial charge in [0, 0.05) is 13.0 Å². The minimum atomic E-state index is -0.621. The number of nitrogens with one attached hydrogen (secondary N) is 1. The van der Waals surface area contributed by atoms with Crippen molar-refractivity contribution < 1.29 is 9.59 Å². The first-order valence-corrected chi connectivity index (χ1v) is 4.57. The molecule has 1 amide bonds. The lowest BCUT2D eigenvalue weighted by atomic mass is 9.76. The van der Waals surface area contributed by atoms with E-state index in [1.54, 1.807) is 0 Å². The summed E-state index contributed by atoms with van der Waals surface area (Å²) >= 11 is 0. The highest BCUT2D eigenvalue weighted by atomic mass is 16.1. The van der Waals surface area contributed by atoms with Crippen molar-refractivity contribution in [3.05, 3.63) is 0 Å². The molecule has 1 fully saturated rings. The van der Waals surface area contributed by atoms with Crippen molar-refractivity contribution in [1.29, 1.82) is 0 Å². The maximum atomic E-state index is 11.2. The fourth-order valence-electron chi connectivity index (χ4n) is 1.89. The Labute approximate surface area is 77.9 Å². The topological polar surface area (TPSA) is 72.2 Å². The molecule has 0 aliphatic carbocycles. The molecule has 0 saturated carbocycles. The molecule has 0 aromatic heterocycles. The predicted octanol–water partition coefficient (Wildman–Crippen LogP) is -0.179. The zero-order valence-electron chi connectivity index (χ0n) is 7.93. The van der Waals surface area contributed by atoms with Crippen molar-refractivity contribution in [1.82, 2.24) is 5.32 Å². The molecule has 1 atom stereocenters. The Kier molecular flexibility index (Phi) is 3.03. The van der Waals surface area contributed by atoms with Gasteiger partial charge in [-0.25, -0.2) is 0 Å². The Bertz CT molecular complexity index is 220. The summed E-state index contributed by atoms with van der Waals surface area (Å²) in [6, 6.07) is 0. The molecule has 74 valence electrons. The Morgan fingerprint density at radius 3 is 2.62 bits per heavy atom. The number of carbonyl (C=O) groups is 2. The second kappa shape index (κ2) is 3.87. The third kappa shape index (κ3) is 2.28. The largest absolute Gasteiger partial charge is 0.369 e. The zero-order valence-corrected chi connectivity index (χ0v) is 7.93. The first kappa shape index (κ1) is 10.2. The first-order valence-electron chi connectivity index (χ1n) is 4.57. The summed E-state index contributed by atoms with van der Waals surface area (Å²) in [5.74, 6) is -0.322. The summed E-state index contributed by atoms with van der Waals surface area (Å²) in [5.41, 5.74) is 4.70. The van der Waals surface area contributed by atoms with Crippen molar-refractivity contribution in [3.63, 3.8) is 0 Å². The molecule has 0 radical (unpaired) electrons. The molecule has 0 aromatic rings. The van der Waals surface area contributed by atoms with Gasteiger partial charge in [0.25, 0.3) is 0 Å². The predicted molar refractivity (Wildman–Crippen MR) is 49.0 cm³/mol. The third-order valence-corrected chi connectivity index (χ3v) is 2.58. The smallest absolute Gasteiger partial charge is 0.225 e. The second-order valence-corrected chi connectivity index (χ2v) is 3.80. The normalized spacial score (nSPS) is 28.4. The second-order valence-electron chi connectivity index (χ2n) is 3.80. The summed E-state index contributed by atoms with van der Waals surface area (Å²) in [4.78, 5) is 22.2. The van der Waals surface area contributed by atoms with Crippen molar-refractivity contribution in [2.45, 2.75) is 26.2 Å². The Balaban J connectivity index is 2.73. The van der Waals surface area contributed by atoms with Crippen LogP contribution in [-0.2, 0) is 9.59 Å². The molecule has 13 heavy (non-hydrogen) atoms. The van der Waals surface area contributed by atoms with Gasteiger partial charge in [-0.1, -0.05) is 0 Å². The van der Waals surface area contributed by atoms with Gasteiger partial charge in [-0.2, -0.15) is 0 Å². The minimum absolute atomic E-state index is 0.0301. The van der Waals surface area contributed by atoms with Gasteiger partial charge in [-0.15, -0.1) is 0 Å². The Hall–Kier alpha value is -0.900. The molecule has 0 aromatic carbocycles. The van der Waals surface area contributed by atoms with E-state index < -0.39 is 5.41 Å². The molecule has 0 bridgehead atoms. The fourth-order valence-corrected chi connectivity index (χ4v) is 1.89. The number of ketones is 1. The lowest BCUT2D eigenvalue weighted by Gasteiger charge is -2.33. The van der Waals surface area contributed by atoms with Gasteiger partial charge in [-0.05, 0) is 26.3 Å². The average molecular weight is 184 g/mol. The standard InChI is InChI=1S/C9H16N2O2/c1-7(12)5-9(8(10)13)3-2-4-11-6-9/h11H,2-6H2,1H3,(H2,10,13). The summed E-state index contributed by atoms with van der Waals surface area (Å²) in [7, 11) is 0. The van der Waals surface area contributed by atoms with Gasteiger partial charge in [0.1, 0.15) is 5.78 Å². The molecule has 1 heterocycles. The van der Waals surface area contributed by atoms with Crippen molar-refractivity contribution >= 4 is 11.7 Å². The van der Waals surface area contributed by atoms with Crippen LogP contribution in [0.15, 0.2) is 0 Å². The summed E-state index contributed by atoms with van der Waals surface area (Å²) in [6.45, 7) is 2.95. The number of hydrogen-bond donors (Lipinski definition) is 2. The molecule has 0 spiro atoms. The SMILES string of the molecule is CC(=O)CC1(C(N)=O)CCCNC1. The number of primary amides is 1. The van der Waals surface area contributed by atoms with E-state index >= 15 is 0 Å². The van der Waals surface area contributed by atoms with E-state index in [9.17, 15) is 9.59 Å². The van der Waals surface area contributed by atoms with Crippen LogP contribution in [-0.4, -0.2) is 24.8 Å². The lowest BCUT2D eigenvalue weighted by Crippen LogP contribution is -2.49. The molecular weight excluding hydrogens is 168 g/mol. The van der Waals surface area contributed by atoms with Crippen LogP contribution >= 0.6 is 0 Å². The maximum absolute atomic E-state index is 11.2. The monoisotopic (exact) mass is 184 g/mol. The van der Waals surface area contributed by atoms with Gasteiger partial charge in [-0.3, -0.25) is 9.59 Å². The van der Waals surface area contributed by atoms with Crippen LogP contribution < -0.4 is 11.1 Å². The zero-order chi connectivity index (χ0) is 9.90. The van der Waals surface area contributed by atoms with E-state index in [0.717, 1.165) is 19.4 Å². The Morgan fingerprint density at radius 2 is 2.23 bits per heavy atom. The van der Waals surface area contributed by atoms with Gasteiger partial charge >= 0.3 is 0 Å². The molecule has 4 heteroatoms. The summed E-state index contributed by atoms with van der Waals surface area (Å²) in [6.07, 6.45) is 1.92. The van der Waals surface area contributed by atoms with Crippen LogP contribution in [0.3, 0.4) is 0 Å². The fraction of sp³-hybridized carbons (Fsp3) is 0.778. The van der Waals surface area contributed by atoms with Crippen LogP contribution in [0.1, 0.15) is 26.2 Å². The van der Waals surface area contributed by atoms with Gasteiger partial charge in [0.2, 0.25) is 5.91 Å². The highest BCUT2D eigenvalue weighted by Crippen LogP contribution is 2.29. The van der Waals surface area contributed by atoms with Crippen LogP contribution in [0.25, 0.3) is 0 Å². The number of hydrogen-bond acceptors (Lipinski definition) is 3. The number of rotatable bonds is 3. The molecule has 1 aliphatic heterocycles. The molecule has 1 aliphatic rings. The van der Waals surface area contributed by atoms with Crippen LogP contribution in [0, 0.1) is 5.41 Å². The van der Waals surface area contributed by atoms with E-state index in [-0.39, 0.29) is 18.1 Å². The van der Waals surface area contributed by atoms with Gasteiger partial charge in [0.05, 0.1) is 5.41 Å². The molecule has 1 saturated heterocycles. The number of piperidine rings is 1. The molecule has 1 rings (SSSR count). The van der Waals surface area contributed by atoms with E-state index in [1.165, 1.54) is 6.92 Å². The van der Waals surface area contributed by atoms with Crippen molar-refractivity contribution in [2.75, 3.05) is 13.1 Å². The van der Waals surface area contributed by atoms with E-state index in [1.807, 2.05) is 0 Å². The van der Waals surface area contributed by atoms with Gasteiger partial charge in [0.15, 0.2) is 0 Å². The maximum Gasteiger partial charge on any atom is 0.225 e. The van der Waals surface area contributed by atoms with Crippen LogP contribution in [0.2, 0.25) is 0 Å². The van der Waals surface area contributed by atoms with E-state index in [4.69, 9.17) is 5.73 Å². The van der Waals surface area contributed by atoms with Gasteiger partial charge < -0.3 is 11.1 Å². The highest BCUT2D eigenvalue weighted by molar-refractivity contribution is 5.88. The summed E-state index contributed by atoms with van der Waals surface area (Å²) < 4.78 is 0. The van der Waals surface area contributed by atoms with Crippen LogP contribution in [0.4, 0.5) is 0 Å². The molecule has 1 unspecified atom stereocenters. The number of amides is 1. The van der Waals surface area contributed by atoms with E-state index in [0.29, 0.717) is 6.54 Å². The average Bonchev–Trinajstić information content (AvgIpc) is 2.04. The number of carbonyl (C=O) groups excluding carboxylic acids is 2. The van der Waals surface area contributed by atoms with Crippen molar-refractivity contribution in [2.24, 2.45) is 11.1 Å². The number of Topliss-reactive ketones (excluding diaryl/α,β-unsaturated/α-hetero) is 1. The van der Waals surface area contributed by atoms with Crippen molar-refractivity contribution in [3.8, 4) is 0 Å². The summed E-state index contributed by atoms with van der Waals surface area (Å²) in [5, 5.41) is 3.11. The molecular formula is C9H16N2O2. The van der Waals surface area contributed by atoms with E-state index in [2.05, 4.69) is 5.32 Å². The molecule has 4 nitrogen and oxygen atoms in total. The quantitative estimate of drug-likeness (QED) is 0.639. The number of nitrogens with two attached hydrogens (primary N) is 1. The third-order valence-electron chi connectivity index (χ3n) is 2.58. The minimum Gasteiger partial charge on any atom is -0.369 e. The lowest BCUT2D eigenvalue weighted by molar-refractivity contribution is -0.133. The molecule has 3 N–H and O–H groups in total. The highest BCUT2D eigenvalue weighted by Gasteiger charge is 2.38.